The summed E-state index contributed by atoms with van der Waals surface area (Å²) < 4.78 is 10.8. The number of nitrogens with one attached hydrogen (secondary N) is 1. The topological polar surface area (TPSA) is 46.1 Å². The van der Waals surface area contributed by atoms with Crippen LogP contribution in [0.25, 0.3) is 0 Å². The second kappa shape index (κ2) is 12.1. The Morgan fingerprint density at radius 3 is 2.57 bits per heavy atom. The van der Waals surface area contributed by atoms with Gasteiger partial charge in [-0.25, -0.2) is 0 Å². The summed E-state index contributed by atoms with van der Waals surface area (Å²) in [4.78, 5) is 7.50. The van der Waals surface area contributed by atoms with Crippen LogP contribution in [0.15, 0.2) is 35.3 Å². The molecule has 28 heavy (non-hydrogen) atoms. The Morgan fingerprint density at radius 1 is 1.18 bits per heavy atom. The molecule has 0 bridgehead atoms. The van der Waals surface area contributed by atoms with Crippen LogP contribution < -0.4 is 5.32 Å². The first kappa shape index (κ1) is 22.7. The molecule has 0 amide bonds. The summed E-state index contributed by atoms with van der Waals surface area (Å²) in [6.07, 6.45) is 3.33. The highest BCUT2D eigenvalue weighted by molar-refractivity contribution is 5.80. The van der Waals surface area contributed by atoms with Crippen LogP contribution in [0.1, 0.15) is 45.6 Å². The first-order chi connectivity index (χ1) is 13.7. The summed E-state index contributed by atoms with van der Waals surface area (Å²) in [6, 6.07) is 10.9. The van der Waals surface area contributed by atoms with Crippen LogP contribution in [0.2, 0.25) is 0 Å². The molecule has 158 valence electrons. The molecule has 0 aromatic heterocycles. The van der Waals surface area contributed by atoms with Crippen molar-refractivity contribution in [2.45, 2.75) is 45.4 Å². The SMILES string of the molecule is CCNC(=NCC(CC)(CC)c1ccccc1)N1CCC(COCCOC)C1. The van der Waals surface area contributed by atoms with E-state index in [1.165, 1.54) is 5.56 Å². The molecule has 1 aliphatic heterocycles. The highest BCUT2D eigenvalue weighted by Crippen LogP contribution is 2.32. The molecule has 1 heterocycles. The minimum Gasteiger partial charge on any atom is -0.382 e. The second-order valence-corrected chi connectivity index (χ2v) is 7.69. The molecular weight excluding hydrogens is 350 g/mol. The van der Waals surface area contributed by atoms with Gasteiger partial charge < -0.3 is 19.7 Å². The maximum Gasteiger partial charge on any atom is 0.193 e. The lowest BCUT2D eigenvalue weighted by Gasteiger charge is -2.32. The van der Waals surface area contributed by atoms with Gasteiger partial charge in [0.1, 0.15) is 0 Å². The van der Waals surface area contributed by atoms with E-state index in [0.29, 0.717) is 19.1 Å². The fourth-order valence-electron chi connectivity index (χ4n) is 3.97. The number of guanidine groups is 1. The van der Waals surface area contributed by atoms with Crippen molar-refractivity contribution in [3.63, 3.8) is 0 Å². The zero-order valence-corrected chi connectivity index (χ0v) is 18.2. The molecule has 2 rings (SSSR count). The summed E-state index contributed by atoms with van der Waals surface area (Å²) in [5.41, 5.74) is 1.50. The van der Waals surface area contributed by atoms with E-state index in [0.717, 1.165) is 58.0 Å². The van der Waals surface area contributed by atoms with Crippen molar-refractivity contribution in [1.82, 2.24) is 10.2 Å². The lowest BCUT2D eigenvalue weighted by molar-refractivity contribution is 0.0536. The van der Waals surface area contributed by atoms with E-state index in [1.807, 2.05) is 0 Å². The Bertz CT molecular complexity index is 572. The largest absolute Gasteiger partial charge is 0.382 e. The zero-order valence-electron chi connectivity index (χ0n) is 18.2. The first-order valence-corrected chi connectivity index (χ1v) is 10.8. The predicted octanol–water partition coefficient (Wildman–Crippen LogP) is 3.69. The van der Waals surface area contributed by atoms with Crippen molar-refractivity contribution in [2.24, 2.45) is 10.9 Å². The summed E-state index contributed by atoms with van der Waals surface area (Å²) >= 11 is 0. The van der Waals surface area contributed by atoms with Crippen LogP contribution in [0.3, 0.4) is 0 Å². The van der Waals surface area contributed by atoms with Crippen LogP contribution in [0.5, 0.6) is 0 Å². The van der Waals surface area contributed by atoms with E-state index in [-0.39, 0.29) is 5.41 Å². The summed E-state index contributed by atoms with van der Waals surface area (Å²) in [7, 11) is 1.71. The van der Waals surface area contributed by atoms with E-state index in [1.54, 1.807) is 7.11 Å². The van der Waals surface area contributed by atoms with Gasteiger partial charge >= 0.3 is 0 Å². The Morgan fingerprint density at radius 2 is 1.93 bits per heavy atom. The third-order valence-corrected chi connectivity index (χ3v) is 5.98. The Kier molecular flexibility index (Phi) is 9.79. The maximum absolute atomic E-state index is 5.74. The monoisotopic (exact) mass is 389 g/mol. The van der Waals surface area contributed by atoms with Gasteiger partial charge in [0, 0.05) is 38.1 Å². The van der Waals surface area contributed by atoms with Gasteiger partial charge in [0.2, 0.25) is 0 Å². The number of methoxy groups -OCH3 is 1. The number of rotatable bonds is 11. The molecule has 1 unspecified atom stereocenters. The van der Waals surface area contributed by atoms with E-state index in [4.69, 9.17) is 14.5 Å². The molecule has 0 radical (unpaired) electrons. The third kappa shape index (κ3) is 6.21. The summed E-state index contributed by atoms with van der Waals surface area (Å²) in [5, 5.41) is 3.51. The summed E-state index contributed by atoms with van der Waals surface area (Å²) in [5.74, 6) is 1.61. The Labute approximate surface area is 171 Å². The fraction of sp³-hybridized carbons (Fsp3) is 0.696. The average Bonchev–Trinajstić information content (AvgIpc) is 3.21. The lowest BCUT2D eigenvalue weighted by atomic mass is 9.76. The van der Waals surface area contributed by atoms with Gasteiger partial charge in [-0.15, -0.1) is 0 Å². The van der Waals surface area contributed by atoms with Crippen LogP contribution in [0.4, 0.5) is 0 Å². The van der Waals surface area contributed by atoms with E-state index in [2.05, 4.69) is 61.3 Å². The van der Waals surface area contributed by atoms with Gasteiger partial charge in [-0.1, -0.05) is 44.2 Å². The Balaban J connectivity index is 2.03. The molecule has 5 heteroatoms. The number of nitrogens with zero attached hydrogens (tertiary/aromatic N) is 2. The van der Waals surface area contributed by atoms with Gasteiger partial charge in [-0.2, -0.15) is 0 Å². The van der Waals surface area contributed by atoms with E-state index >= 15 is 0 Å². The smallest absolute Gasteiger partial charge is 0.193 e. The minimum absolute atomic E-state index is 0.102. The molecule has 1 aromatic carbocycles. The van der Waals surface area contributed by atoms with E-state index in [9.17, 15) is 0 Å². The van der Waals surface area contributed by atoms with Crippen molar-refractivity contribution in [1.29, 1.82) is 0 Å². The summed E-state index contributed by atoms with van der Waals surface area (Å²) in [6.45, 7) is 12.6. The van der Waals surface area contributed by atoms with Crippen LogP contribution >= 0.6 is 0 Å². The van der Waals surface area contributed by atoms with Gasteiger partial charge in [-0.05, 0) is 31.7 Å². The zero-order chi connectivity index (χ0) is 20.2. The Hall–Kier alpha value is -1.59. The van der Waals surface area contributed by atoms with Gasteiger partial charge in [0.25, 0.3) is 0 Å². The molecular formula is C23H39N3O2. The van der Waals surface area contributed by atoms with Gasteiger partial charge in [-0.3, -0.25) is 4.99 Å². The molecule has 1 fully saturated rings. The standard InChI is InChI=1S/C23H39N3O2/c1-5-23(6-2,21-11-9-8-10-12-21)19-25-22(24-7-3)26-14-13-20(17-26)18-28-16-15-27-4/h8-12,20H,5-7,13-19H2,1-4H3,(H,24,25). The van der Waals surface area contributed by atoms with Crippen molar-refractivity contribution in [3.05, 3.63) is 35.9 Å². The second-order valence-electron chi connectivity index (χ2n) is 7.69. The number of benzene rings is 1. The minimum atomic E-state index is 0.102. The highest BCUT2D eigenvalue weighted by Gasteiger charge is 2.30. The first-order valence-electron chi connectivity index (χ1n) is 10.8. The average molecular weight is 390 g/mol. The van der Waals surface area contributed by atoms with Crippen LogP contribution in [-0.4, -0.2) is 64.0 Å². The third-order valence-electron chi connectivity index (χ3n) is 5.98. The van der Waals surface area contributed by atoms with Gasteiger partial charge in [0.05, 0.1) is 26.4 Å². The molecule has 1 saturated heterocycles. The van der Waals surface area contributed by atoms with Crippen molar-refractivity contribution in [2.75, 3.05) is 53.1 Å². The van der Waals surface area contributed by atoms with E-state index < -0.39 is 0 Å². The normalized spacial score (nSPS) is 17.9. The molecule has 1 N–H and O–H groups in total. The lowest BCUT2D eigenvalue weighted by Crippen LogP contribution is -2.41. The highest BCUT2D eigenvalue weighted by atomic mass is 16.5. The molecule has 1 aromatic rings. The number of ether oxygens (including phenoxy) is 2. The number of hydrogen-bond acceptors (Lipinski definition) is 3. The maximum atomic E-state index is 5.74. The van der Waals surface area contributed by atoms with Crippen LogP contribution in [-0.2, 0) is 14.9 Å². The van der Waals surface area contributed by atoms with Crippen molar-refractivity contribution in [3.8, 4) is 0 Å². The predicted molar refractivity (Wildman–Crippen MR) is 117 cm³/mol. The molecule has 0 saturated carbocycles. The molecule has 1 atom stereocenters. The fourth-order valence-corrected chi connectivity index (χ4v) is 3.97. The molecule has 0 aliphatic carbocycles. The van der Waals surface area contributed by atoms with Crippen LogP contribution in [0, 0.1) is 5.92 Å². The quantitative estimate of drug-likeness (QED) is 0.356. The molecule has 0 spiro atoms. The number of likely N-dealkylation sites (tertiary alicyclic amines) is 1. The van der Waals surface area contributed by atoms with Gasteiger partial charge in [0.15, 0.2) is 5.96 Å². The molecule has 5 nitrogen and oxygen atoms in total. The number of aliphatic imine (C=N–C) groups is 1. The van der Waals surface area contributed by atoms with Crippen molar-refractivity contribution < 1.29 is 9.47 Å². The number of hydrogen-bond donors (Lipinski definition) is 1. The molecule has 1 aliphatic rings. The van der Waals surface area contributed by atoms with Crippen molar-refractivity contribution >= 4 is 5.96 Å².